The van der Waals surface area contributed by atoms with Crippen LogP contribution in [0.2, 0.25) is 0 Å². The molecule has 90 valence electrons. The molecule has 2 heterocycles. The van der Waals surface area contributed by atoms with Gasteiger partial charge in [0.05, 0.1) is 5.52 Å². The molecule has 0 unspecified atom stereocenters. The third-order valence-electron chi connectivity index (χ3n) is 2.65. The smallest absolute Gasteiger partial charge is 0.178 e. The predicted molar refractivity (Wildman–Crippen MR) is 78.5 cm³/mol. The van der Waals surface area contributed by atoms with Crippen molar-refractivity contribution in [2.24, 2.45) is 0 Å². The molecule has 0 aliphatic rings. The molecule has 5 heteroatoms. The molecular formula is C13H9Br2N3. The molecule has 0 radical (unpaired) electrons. The highest BCUT2D eigenvalue weighted by Gasteiger charge is 2.05. The fourth-order valence-electron chi connectivity index (χ4n) is 1.80. The summed E-state index contributed by atoms with van der Waals surface area (Å²) in [6.07, 6.45) is 0.779. The number of rotatable bonds is 2. The first-order valence-electron chi connectivity index (χ1n) is 5.46. The van der Waals surface area contributed by atoms with E-state index < -0.39 is 0 Å². The third-order valence-corrected chi connectivity index (χ3v) is 3.62. The van der Waals surface area contributed by atoms with E-state index in [1.807, 2.05) is 24.3 Å². The molecule has 3 rings (SSSR count). The van der Waals surface area contributed by atoms with Crippen LogP contribution in [0.15, 0.2) is 45.5 Å². The number of nitrogens with zero attached hydrogens (tertiary/aromatic N) is 2. The summed E-state index contributed by atoms with van der Waals surface area (Å²) in [6, 6.07) is 12.1. The zero-order valence-electron chi connectivity index (χ0n) is 9.32. The van der Waals surface area contributed by atoms with Crippen LogP contribution >= 0.6 is 31.9 Å². The Morgan fingerprint density at radius 1 is 0.944 bits per heavy atom. The predicted octanol–water partition coefficient (Wildman–Crippen LogP) is 4.07. The first-order valence-corrected chi connectivity index (χ1v) is 7.05. The summed E-state index contributed by atoms with van der Waals surface area (Å²) >= 11 is 6.77. The van der Waals surface area contributed by atoms with Crippen LogP contribution in [-0.4, -0.2) is 15.0 Å². The number of hydrogen-bond acceptors (Lipinski definition) is 2. The Morgan fingerprint density at radius 3 is 2.50 bits per heavy atom. The SMILES string of the molecule is Brc1ccc(Cc2nc3nc(Br)ccc3[nH]2)cc1. The van der Waals surface area contributed by atoms with Gasteiger partial charge in [0.25, 0.3) is 0 Å². The molecule has 18 heavy (non-hydrogen) atoms. The minimum Gasteiger partial charge on any atom is -0.340 e. The standard InChI is InChI=1S/C13H9Br2N3/c14-9-3-1-8(2-4-9)7-12-16-10-5-6-11(15)17-13(10)18-12/h1-6H,7H2,(H,16,17,18). The Balaban J connectivity index is 1.92. The number of nitrogens with one attached hydrogen (secondary N) is 1. The zero-order chi connectivity index (χ0) is 12.5. The zero-order valence-corrected chi connectivity index (χ0v) is 12.5. The van der Waals surface area contributed by atoms with Crippen molar-refractivity contribution in [3.8, 4) is 0 Å². The van der Waals surface area contributed by atoms with Gasteiger partial charge in [-0.25, -0.2) is 9.97 Å². The van der Waals surface area contributed by atoms with Gasteiger partial charge in [0.2, 0.25) is 0 Å². The Kier molecular flexibility index (Phi) is 3.18. The Labute approximate surface area is 121 Å². The van der Waals surface area contributed by atoms with E-state index in [9.17, 15) is 0 Å². The molecule has 0 spiro atoms. The lowest BCUT2D eigenvalue weighted by Crippen LogP contribution is -1.90. The maximum Gasteiger partial charge on any atom is 0.178 e. The van der Waals surface area contributed by atoms with Crippen molar-refractivity contribution in [3.63, 3.8) is 0 Å². The van der Waals surface area contributed by atoms with Gasteiger partial charge in [-0.15, -0.1) is 0 Å². The van der Waals surface area contributed by atoms with Crippen molar-refractivity contribution in [2.75, 3.05) is 0 Å². The molecule has 0 bridgehead atoms. The first-order chi connectivity index (χ1) is 8.70. The van der Waals surface area contributed by atoms with Crippen molar-refractivity contribution in [2.45, 2.75) is 6.42 Å². The molecule has 0 fully saturated rings. The summed E-state index contributed by atoms with van der Waals surface area (Å²) in [5, 5.41) is 0. The van der Waals surface area contributed by atoms with E-state index in [4.69, 9.17) is 0 Å². The third kappa shape index (κ3) is 2.47. The second kappa shape index (κ2) is 4.82. The molecule has 0 aliphatic carbocycles. The highest BCUT2D eigenvalue weighted by Crippen LogP contribution is 2.16. The fourth-order valence-corrected chi connectivity index (χ4v) is 2.36. The van der Waals surface area contributed by atoms with Gasteiger partial charge in [-0.1, -0.05) is 28.1 Å². The van der Waals surface area contributed by atoms with Crippen LogP contribution in [0.3, 0.4) is 0 Å². The number of benzene rings is 1. The number of aromatic nitrogens is 3. The highest BCUT2D eigenvalue weighted by molar-refractivity contribution is 9.10. The Bertz CT molecular complexity index is 689. The van der Waals surface area contributed by atoms with Crippen LogP contribution in [0.5, 0.6) is 0 Å². The quantitative estimate of drug-likeness (QED) is 0.694. The number of fused-ring (bicyclic) bond motifs is 1. The molecular weight excluding hydrogens is 358 g/mol. The van der Waals surface area contributed by atoms with Gasteiger partial charge >= 0.3 is 0 Å². The second-order valence-corrected chi connectivity index (χ2v) is 5.72. The molecule has 3 aromatic rings. The molecule has 0 amide bonds. The molecule has 0 saturated heterocycles. The topological polar surface area (TPSA) is 41.6 Å². The molecule has 2 aromatic heterocycles. The average Bonchev–Trinajstić information content (AvgIpc) is 2.73. The van der Waals surface area contributed by atoms with Crippen LogP contribution in [0.4, 0.5) is 0 Å². The lowest BCUT2D eigenvalue weighted by atomic mass is 10.1. The fraction of sp³-hybridized carbons (Fsp3) is 0.0769. The largest absolute Gasteiger partial charge is 0.340 e. The minimum atomic E-state index is 0.747. The molecule has 3 nitrogen and oxygen atoms in total. The second-order valence-electron chi connectivity index (χ2n) is 3.99. The van der Waals surface area contributed by atoms with E-state index in [1.165, 1.54) is 5.56 Å². The molecule has 0 saturated carbocycles. The first kappa shape index (κ1) is 11.9. The average molecular weight is 367 g/mol. The van der Waals surface area contributed by atoms with Gasteiger partial charge in [0.15, 0.2) is 5.65 Å². The number of H-pyrrole nitrogens is 1. The normalized spacial score (nSPS) is 11.0. The van der Waals surface area contributed by atoms with Gasteiger partial charge in [-0.3, -0.25) is 0 Å². The van der Waals surface area contributed by atoms with Gasteiger partial charge in [-0.05, 0) is 45.8 Å². The van der Waals surface area contributed by atoms with E-state index in [0.717, 1.165) is 32.5 Å². The van der Waals surface area contributed by atoms with Gasteiger partial charge in [0.1, 0.15) is 10.4 Å². The van der Waals surface area contributed by atoms with Crippen LogP contribution in [-0.2, 0) is 6.42 Å². The molecule has 1 N–H and O–H groups in total. The monoisotopic (exact) mass is 365 g/mol. The summed E-state index contributed by atoms with van der Waals surface area (Å²) in [5.41, 5.74) is 2.93. The van der Waals surface area contributed by atoms with Crippen LogP contribution in [0.25, 0.3) is 11.2 Å². The van der Waals surface area contributed by atoms with Crippen LogP contribution < -0.4 is 0 Å². The Hall–Kier alpha value is -1.20. The van der Waals surface area contributed by atoms with Crippen molar-refractivity contribution in [1.29, 1.82) is 0 Å². The summed E-state index contributed by atoms with van der Waals surface area (Å²) in [5.74, 6) is 0.929. The summed E-state index contributed by atoms with van der Waals surface area (Å²) in [7, 11) is 0. The molecule has 0 atom stereocenters. The van der Waals surface area contributed by atoms with E-state index >= 15 is 0 Å². The van der Waals surface area contributed by atoms with Gasteiger partial charge < -0.3 is 4.98 Å². The van der Waals surface area contributed by atoms with Crippen LogP contribution in [0, 0.1) is 0 Å². The van der Waals surface area contributed by atoms with Crippen molar-refractivity contribution in [3.05, 3.63) is 56.9 Å². The summed E-state index contributed by atoms with van der Waals surface area (Å²) in [6.45, 7) is 0. The van der Waals surface area contributed by atoms with Crippen LogP contribution in [0.1, 0.15) is 11.4 Å². The number of imidazole rings is 1. The van der Waals surface area contributed by atoms with E-state index in [2.05, 4.69) is 58.9 Å². The van der Waals surface area contributed by atoms with E-state index in [1.54, 1.807) is 0 Å². The lowest BCUT2D eigenvalue weighted by Gasteiger charge is -1.97. The van der Waals surface area contributed by atoms with Crippen molar-refractivity contribution < 1.29 is 0 Å². The number of halogens is 2. The number of hydrogen-bond donors (Lipinski definition) is 1. The van der Waals surface area contributed by atoms with Crippen molar-refractivity contribution in [1.82, 2.24) is 15.0 Å². The maximum atomic E-state index is 4.48. The lowest BCUT2D eigenvalue weighted by molar-refractivity contribution is 1.03. The molecule has 1 aromatic carbocycles. The van der Waals surface area contributed by atoms with E-state index in [0.29, 0.717) is 0 Å². The van der Waals surface area contributed by atoms with Gasteiger partial charge in [0, 0.05) is 10.9 Å². The number of aromatic amines is 1. The molecule has 0 aliphatic heterocycles. The highest BCUT2D eigenvalue weighted by atomic mass is 79.9. The Morgan fingerprint density at radius 2 is 1.72 bits per heavy atom. The summed E-state index contributed by atoms with van der Waals surface area (Å²) < 4.78 is 1.89. The number of pyridine rings is 1. The van der Waals surface area contributed by atoms with Gasteiger partial charge in [-0.2, -0.15) is 0 Å². The minimum absolute atomic E-state index is 0.747. The van der Waals surface area contributed by atoms with Crippen molar-refractivity contribution >= 4 is 43.0 Å². The van der Waals surface area contributed by atoms with E-state index in [-0.39, 0.29) is 0 Å². The summed E-state index contributed by atoms with van der Waals surface area (Å²) in [4.78, 5) is 12.1. The maximum absolute atomic E-state index is 4.48.